The number of halogens is 2. The lowest BCUT2D eigenvalue weighted by Gasteiger charge is -2.05. The minimum atomic E-state index is -3.79. The molecule has 4 nitrogen and oxygen atoms in total. The fourth-order valence-corrected chi connectivity index (χ4v) is 3.66. The maximum Gasteiger partial charge on any atom is 0.185 e. The van der Waals surface area contributed by atoms with E-state index < -0.39 is 15.7 Å². The molecule has 0 spiro atoms. The van der Waals surface area contributed by atoms with Crippen molar-refractivity contribution in [2.24, 2.45) is 7.05 Å². The number of nitrogens with zero attached hydrogens (tertiary/aromatic N) is 2. The zero-order chi connectivity index (χ0) is 14.2. The monoisotopic (exact) mass is 302 g/mol. The van der Waals surface area contributed by atoms with Gasteiger partial charge in [0.15, 0.2) is 9.84 Å². The van der Waals surface area contributed by atoms with Crippen molar-refractivity contribution in [3.63, 3.8) is 0 Å². The summed E-state index contributed by atoms with van der Waals surface area (Å²) in [5.41, 5.74) is 0.917. The summed E-state index contributed by atoms with van der Waals surface area (Å²) in [5.74, 6) is -1.13. The van der Waals surface area contributed by atoms with Gasteiger partial charge in [-0.05, 0) is 19.1 Å². The summed E-state index contributed by atoms with van der Waals surface area (Å²) >= 11 is 5.99. The number of aromatic nitrogens is 2. The topological polar surface area (TPSA) is 52.0 Å². The van der Waals surface area contributed by atoms with Crippen LogP contribution in [0.15, 0.2) is 29.2 Å². The molecule has 0 unspecified atom stereocenters. The highest BCUT2D eigenvalue weighted by Crippen LogP contribution is 2.25. The molecule has 0 aliphatic rings. The number of aryl methyl sites for hydroxylation is 2. The zero-order valence-corrected chi connectivity index (χ0v) is 12.0. The summed E-state index contributed by atoms with van der Waals surface area (Å²) in [7, 11) is -2.17. The van der Waals surface area contributed by atoms with Gasteiger partial charge in [-0.1, -0.05) is 23.7 Å². The molecule has 0 amide bonds. The quantitative estimate of drug-likeness (QED) is 0.875. The van der Waals surface area contributed by atoms with E-state index in [0.29, 0.717) is 11.3 Å². The maximum absolute atomic E-state index is 13.6. The van der Waals surface area contributed by atoms with Gasteiger partial charge in [-0.25, -0.2) is 12.8 Å². The fourth-order valence-electron chi connectivity index (χ4n) is 1.80. The fraction of sp³-hybridized carbons (Fsp3) is 0.250. The predicted octanol–water partition coefficient (Wildman–Crippen LogP) is 2.49. The van der Waals surface area contributed by atoms with E-state index in [1.165, 1.54) is 22.9 Å². The molecule has 19 heavy (non-hydrogen) atoms. The summed E-state index contributed by atoms with van der Waals surface area (Å²) in [6, 6.07) is 5.28. The summed E-state index contributed by atoms with van der Waals surface area (Å²) in [6.07, 6.45) is 0. The number of hydrogen-bond donors (Lipinski definition) is 0. The van der Waals surface area contributed by atoms with Crippen LogP contribution >= 0.6 is 11.6 Å². The molecule has 0 aliphatic carbocycles. The molecule has 0 saturated heterocycles. The van der Waals surface area contributed by atoms with E-state index in [-0.39, 0.29) is 15.8 Å². The molecule has 0 N–H and O–H groups in total. The summed E-state index contributed by atoms with van der Waals surface area (Å²) in [5, 5.41) is 4.29. The van der Waals surface area contributed by atoms with Crippen molar-refractivity contribution in [2.45, 2.75) is 17.6 Å². The molecule has 2 aromatic rings. The van der Waals surface area contributed by atoms with E-state index in [0.717, 1.165) is 6.07 Å². The molecule has 102 valence electrons. The predicted molar refractivity (Wildman–Crippen MR) is 70.2 cm³/mol. The first-order valence-electron chi connectivity index (χ1n) is 5.48. The Labute approximate surface area is 115 Å². The number of rotatable bonds is 3. The third kappa shape index (κ3) is 2.64. The van der Waals surface area contributed by atoms with Crippen molar-refractivity contribution in [3.05, 3.63) is 46.5 Å². The molecule has 2 rings (SSSR count). The number of benzene rings is 1. The van der Waals surface area contributed by atoms with Crippen molar-refractivity contribution < 1.29 is 12.8 Å². The SMILES string of the molecule is Cc1nn(C)c(Cl)c1CS(=O)(=O)c1ccccc1F. The van der Waals surface area contributed by atoms with Gasteiger partial charge >= 0.3 is 0 Å². The standard InChI is InChI=1S/C12H12ClFN2O2S/c1-8-9(12(13)16(2)15-8)7-19(17,18)11-6-4-3-5-10(11)14/h3-6H,7H2,1-2H3. The van der Waals surface area contributed by atoms with Crippen molar-refractivity contribution >= 4 is 21.4 Å². The van der Waals surface area contributed by atoms with Crippen molar-refractivity contribution in [2.75, 3.05) is 0 Å². The third-order valence-corrected chi connectivity index (χ3v) is 4.92. The first kappa shape index (κ1) is 14.0. The highest BCUT2D eigenvalue weighted by atomic mass is 35.5. The Morgan fingerprint density at radius 2 is 2.00 bits per heavy atom. The van der Waals surface area contributed by atoms with Crippen LogP contribution in [0, 0.1) is 12.7 Å². The molecule has 0 saturated carbocycles. The first-order valence-corrected chi connectivity index (χ1v) is 7.51. The molecule has 1 aromatic carbocycles. The molecule has 1 heterocycles. The van der Waals surface area contributed by atoms with Gasteiger partial charge in [0.2, 0.25) is 0 Å². The van der Waals surface area contributed by atoms with Crippen LogP contribution in [0.2, 0.25) is 5.15 Å². The highest BCUT2D eigenvalue weighted by molar-refractivity contribution is 7.90. The van der Waals surface area contributed by atoms with E-state index in [2.05, 4.69) is 5.10 Å². The number of hydrogen-bond acceptors (Lipinski definition) is 3. The van der Waals surface area contributed by atoms with Gasteiger partial charge in [-0.3, -0.25) is 4.68 Å². The van der Waals surface area contributed by atoms with Gasteiger partial charge in [0.1, 0.15) is 15.9 Å². The number of sulfone groups is 1. The maximum atomic E-state index is 13.6. The van der Waals surface area contributed by atoms with Crippen LogP contribution in [0.4, 0.5) is 4.39 Å². The van der Waals surface area contributed by atoms with E-state index in [4.69, 9.17) is 11.6 Å². The molecule has 7 heteroatoms. The zero-order valence-electron chi connectivity index (χ0n) is 10.4. The smallest absolute Gasteiger partial charge is 0.185 e. The highest BCUT2D eigenvalue weighted by Gasteiger charge is 2.23. The van der Waals surface area contributed by atoms with Crippen molar-refractivity contribution in [3.8, 4) is 0 Å². The Kier molecular flexibility index (Phi) is 3.64. The van der Waals surface area contributed by atoms with Gasteiger partial charge in [-0.2, -0.15) is 5.10 Å². The Bertz CT molecular complexity index is 725. The molecule has 0 radical (unpaired) electrons. The summed E-state index contributed by atoms with van der Waals surface area (Å²) in [6.45, 7) is 1.66. The second kappa shape index (κ2) is 4.94. The van der Waals surface area contributed by atoms with Gasteiger partial charge in [-0.15, -0.1) is 0 Å². The molecule has 0 aliphatic heterocycles. The van der Waals surface area contributed by atoms with E-state index in [1.54, 1.807) is 14.0 Å². The van der Waals surface area contributed by atoms with Crippen LogP contribution in [0.3, 0.4) is 0 Å². The van der Waals surface area contributed by atoms with Gasteiger partial charge in [0.05, 0.1) is 11.4 Å². The van der Waals surface area contributed by atoms with E-state index >= 15 is 0 Å². The Balaban J connectivity index is 2.46. The normalized spacial score (nSPS) is 11.8. The summed E-state index contributed by atoms with van der Waals surface area (Å²) in [4.78, 5) is -0.325. The van der Waals surface area contributed by atoms with Crippen LogP contribution in [0.5, 0.6) is 0 Å². The average Bonchev–Trinajstić information content (AvgIpc) is 2.56. The second-order valence-electron chi connectivity index (χ2n) is 4.17. The average molecular weight is 303 g/mol. The van der Waals surface area contributed by atoms with Crippen LogP contribution in [-0.4, -0.2) is 18.2 Å². The lowest BCUT2D eigenvalue weighted by Crippen LogP contribution is -2.08. The van der Waals surface area contributed by atoms with Gasteiger partial charge < -0.3 is 0 Å². The lowest BCUT2D eigenvalue weighted by atomic mass is 10.3. The van der Waals surface area contributed by atoms with Crippen molar-refractivity contribution in [1.82, 2.24) is 9.78 Å². The minimum absolute atomic E-state index is 0.248. The molecular formula is C12H12ClFN2O2S. The van der Waals surface area contributed by atoms with Crippen LogP contribution < -0.4 is 0 Å². The lowest BCUT2D eigenvalue weighted by molar-refractivity contribution is 0.566. The molecule has 0 atom stereocenters. The minimum Gasteiger partial charge on any atom is -0.257 e. The Morgan fingerprint density at radius 3 is 2.53 bits per heavy atom. The third-order valence-electron chi connectivity index (χ3n) is 2.78. The largest absolute Gasteiger partial charge is 0.257 e. The van der Waals surface area contributed by atoms with Crippen LogP contribution in [-0.2, 0) is 22.6 Å². The molecular weight excluding hydrogens is 291 g/mol. The van der Waals surface area contributed by atoms with Crippen molar-refractivity contribution in [1.29, 1.82) is 0 Å². The summed E-state index contributed by atoms with van der Waals surface area (Å²) < 4.78 is 39.4. The van der Waals surface area contributed by atoms with Crippen LogP contribution in [0.25, 0.3) is 0 Å². The van der Waals surface area contributed by atoms with Gasteiger partial charge in [0.25, 0.3) is 0 Å². The van der Waals surface area contributed by atoms with E-state index in [1.807, 2.05) is 0 Å². The Hall–Kier alpha value is -1.40. The second-order valence-corrected chi connectivity index (χ2v) is 6.48. The van der Waals surface area contributed by atoms with E-state index in [9.17, 15) is 12.8 Å². The molecule has 1 aromatic heterocycles. The molecule has 0 bridgehead atoms. The Morgan fingerprint density at radius 1 is 1.37 bits per heavy atom. The molecule has 0 fully saturated rings. The van der Waals surface area contributed by atoms with Crippen LogP contribution in [0.1, 0.15) is 11.3 Å². The first-order chi connectivity index (χ1) is 8.83. The van der Waals surface area contributed by atoms with Gasteiger partial charge in [0, 0.05) is 12.6 Å².